The van der Waals surface area contributed by atoms with Crippen LogP contribution in [0.15, 0.2) is 41.3 Å². The van der Waals surface area contributed by atoms with Crippen LogP contribution in [-0.4, -0.2) is 28.8 Å². The fraction of sp³-hybridized carbons (Fsp3) is 0.238. The van der Waals surface area contributed by atoms with Crippen molar-refractivity contribution in [3.63, 3.8) is 0 Å². The Morgan fingerprint density at radius 1 is 1.17 bits per heavy atom. The van der Waals surface area contributed by atoms with Gasteiger partial charge >= 0.3 is 0 Å². The highest BCUT2D eigenvalue weighted by atomic mass is 35.5. The molecule has 4 nitrogen and oxygen atoms in total. The summed E-state index contributed by atoms with van der Waals surface area (Å²) < 4.78 is 11.9. The molecule has 2 aromatic carbocycles. The summed E-state index contributed by atoms with van der Waals surface area (Å²) in [5.41, 5.74) is 1.53. The van der Waals surface area contributed by atoms with Gasteiger partial charge in [0.15, 0.2) is 11.5 Å². The number of carbonyl (C=O) groups excluding carboxylic acids is 1. The zero-order valence-corrected chi connectivity index (χ0v) is 19.1. The van der Waals surface area contributed by atoms with Crippen molar-refractivity contribution in [3.8, 4) is 11.5 Å². The Labute approximate surface area is 189 Å². The highest BCUT2D eigenvalue weighted by Crippen LogP contribution is 2.35. The van der Waals surface area contributed by atoms with Gasteiger partial charge in [0.25, 0.3) is 5.91 Å². The fourth-order valence-corrected chi connectivity index (χ4v) is 4.60. The van der Waals surface area contributed by atoms with Gasteiger partial charge in [0.2, 0.25) is 0 Å². The van der Waals surface area contributed by atoms with E-state index in [0.29, 0.717) is 42.9 Å². The topological polar surface area (TPSA) is 38.8 Å². The molecule has 0 bridgehead atoms. The van der Waals surface area contributed by atoms with Crippen LogP contribution < -0.4 is 9.47 Å². The van der Waals surface area contributed by atoms with Gasteiger partial charge in [-0.3, -0.25) is 9.69 Å². The van der Waals surface area contributed by atoms with Crippen molar-refractivity contribution in [2.75, 3.05) is 13.7 Å². The standard InChI is InChI=1S/C21H19Cl2NO3S2/c1-3-9-24-20(25)19(29-21(24)28)11-13-7-8-17(18(10-13)26-2)27-12-14-15(22)5-4-6-16(14)23/h4-8,10-11H,3,9,12H2,1-2H3/b19-11+. The minimum absolute atomic E-state index is 0.0606. The molecule has 0 N–H and O–H groups in total. The minimum atomic E-state index is -0.0606. The van der Waals surface area contributed by atoms with Gasteiger partial charge in [-0.1, -0.05) is 66.2 Å². The predicted octanol–water partition coefficient (Wildman–Crippen LogP) is 6.19. The van der Waals surface area contributed by atoms with E-state index >= 15 is 0 Å². The van der Waals surface area contributed by atoms with Crippen molar-refractivity contribution in [2.45, 2.75) is 20.0 Å². The first-order chi connectivity index (χ1) is 13.9. The number of thiocarbonyl (C=S) groups is 1. The number of hydrogen-bond donors (Lipinski definition) is 0. The largest absolute Gasteiger partial charge is 0.493 e. The third-order valence-corrected chi connectivity index (χ3v) is 6.33. The molecule has 2 aromatic rings. The van der Waals surface area contributed by atoms with Crippen molar-refractivity contribution in [3.05, 3.63) is 62.5 Å². The molecule has 0 spiro atoms. The summed E-state index contributed by atoms with van der Waals surface area (Å²) in [4.78, 5) is 14.8. The van der Waals surface area contributed by atoms with E-state index in [0.717, 1.165) is 12.0 Å². The average Bonchev–Trinajstić information content (AvgIpc) is 2.96. The smallest absolute Gasteiger partial charge is 0.266 e. The van der Waals surface area contributed by atoms with Crippen LogP contribution in [0.2, 0.25) is 10.0 Å². The summed E-state index contributed by atoms with van der Waals surface area (Å²) in [6, 6.07) is 10.8. The molecule has 1 aliphatic rings. The molecule has 1 fully saturated rings. The molecule has 152 valence electrons. The zero-order valence-electron chi connectivity index (χ0n) is 15.9. The zero-order chi connectivity index (χ0) is 21.0. The predicted molar refractivity (Wildman–Crippen MR) is 124 cm³/mol. The molecular weight excluding hydrogens is 449 g/mol. The first kappa shape index (κ1) is 22.0. The number of nitrogens with zero attached hydrogens (tertiary/aromatic N) is 1. The Balaban J connectivity index is 1.79. The first-order valence-corrected chi connectivity index (χ1v) is 10.9. The number of methoxy groups -OCH3 is 1. The monoisotopic (exact) mass is 467 g/mol. The van der Waals surface area contributed by atoms with Gasteiger partial charge in [-0.25, -0.2) is 0 Å². The first-order valence-electron chi connectivity index (χ1n) is 8.93. The van der Waals surface area contributed by atoms with Crippen LogP contribution in [0.3, 0.4) is 0 Å². The van der Waals surface area contributed by atoms with Crippen LogP contribution in [0, 0.1) is 0 Å². The molecule has 1 saturated heterocycles. The molecule has 1 aliphatic heterocycles. The Morgan fingerprint density at radius 2 is 1.90 bits per heavy atom. The van der Waals surface area contributed by atoms with Crippen LogP contribution in [0.25, 0.3) is 6.08 Å². The van der Waals surface area contributed by atoms with E-state index in [4.69, 9.17) is 44.9 Å². The van der Waals surface area contributed by atoms with Crippen molar-refractivity contribution < 1.29 is 14.3 Å². The molecule has 0 atom stereocenters. The van der Waals surface area contributed by atoms with Crippen LogP contribution in [0.1, 0.15) is 24.5 Å². The number of benzene rings is 2. The Bertz CT molecular complexity index is 958. The second-order valence-corrected chi connectivity index (χ2v) is 8.72. The summed E-state index contributed by atoms with van der Waals surface area (Å²) in [6.07, 6.45) is 2.67. The number of thioether (sulfide) groups is 1. The molecule has 1 amide bonds. The maximum absolute atomic E-state index is 12.5. The van der Waals surface area contributed by atoms with E-state index < -0.39 is 0 Å². The summed E-state index contributed by atoms with van der Waals surface area (Å²) in [5.74, 6) is 1.04. The SMILES string of the molecule is CCCN1C(=O)/C(=C\c2ccc(OCc3c(Cl)cccc3Cl)c(OC)c2)SC1=S. The van der Waals surface area contributed by atoms with Crippen LogP contribution in [-0.2, 0) is 11.4 Å². The number of rotatable bonds is 7. The molecule has 0 aromatic heterocycles. The lowest BCUT2D eigenvalue weighted by molar-refractivity contribution is -0.122. The highest BCUT2D eigenvalue weighted by Gasteiger charge is 2.31. The molecule has 1 heterocycles. The van der Waals surface area contributed by atoms with Crippen LogP contribution in [0.5, 0.6) is 11.5 Å². The van der Waals surface area contributed by atoms with Crippen molar-refractivity contribution in [1.29, 1.82) is 0 Å². The normalized spacial score (nSPS) is 15.3. The highest BCUT2D eigenvalue weighted by molar-refractivity contribution is 8.26. The van der Waals surface area contributed by atoms with E-state index in [-0.39, 0.29) is 12.5 Å². The van der Waals surface area contributed by atoms with E-state index in [2.05, 4.69) is 0 Å². The number of hydrogen-bond acceptors (Lipinski definition) is 5. The molecule has 0 aliphatic carbocycles. The third kappa shape index (κ3) is 5.07. The van der Waals surface area contributed by atoms with Crippen LogP contribution >= 0.6 is 47.2 Å². The summed E-state index contributed by atoms with van der Waals surface area (Å²) in [5, 5.41) is 1.09. The number of carbonyl (C=O) groups is 1. The van der Waals surface area contributed by atoms with Gasteiger partial charge in [-0.05, 0) is 42.3 Å². The molecule has 0 radical (unpaired) electrons. The lowest BCUT2D eigenvalue weighted by Gasteiger charge is -2.13. The van der Waals surface area contributed by atoms with Crippen molar-refractivity contribution in [2.24, 2.45) is 0 Å². The van der Waals surface area contributed by atoms with Crippen LogP contribution in [0.4, 0.5) is 0 Å². The van der Waals surface area contributed by atoms with E-state index in [1.807, 2.05) is 25.1 Å². The molecular formula is C21H19Cl2NO3S2. The van der Waals surface area contributed by atoms with E-state index in [1.54, 1.807) is 36.3 Å². The van der Waals surface area contributed by atoms with Gasteiger partial charge < -0.3 is 9.47 Å². The lowest BCUT2D eigenvalue weighted by Crippen LogP contribution is -2.28. The maximum atomic E-state index is 12.5. The maximum Gasteiger partial charge on any atom is 0.266 e. The molecule has 0 unspecified atom stereocenters. The Kier molecular flexibility index (Phi) is 7.46. The fourth-order valence-electron chi connectivity index (χ4n) is 2.78. The van der Waals surface area contributed by atoms with E-state index in [9.17, 15) is 4.79 Å². The molecule has 0 saturated carbocycles. The quantitative estimate of drug-likeness (QED) is 0.358. The van der Waals surface area contributed by atoms with Gasteiger partial charge in [0, 0.05) is 22.2 Å². The summed E-state index contributed by atoms with van der Waals surface area (Å²) >= 11 is 19.0. The average molecular weight is 468 g/mol. The second-order valence-electron chi connectivity index (χ2n) is 6.23. The summed E-state index contributed by atoms with van der Waals surface area (Å²) in [6.45, 7) is 2.86. The van der Waals surface area contributed by atoms with Gasteiger partial charge in [-0.15, -0.1) is 0 Å². The van der Waals surface area contributed by atoms with E-state index in [1.165, 1.54) is 11.8 Å². The van der Waals surface area contributed by atoms with Crippen molar-refractivity contribution in [1.82, 2.24) is 4.90 Å². The molecule has 8 heteroatoms. The Morgan fingerprint density at radius 3 is 2.55 bits per heavy atom. The van der Waals surface area contributed by atoms with Gasteiger partial charge in [-0.2, -0.15) is 0 Å². The molecule has 3 rings (SSSR count). The lowest BCUT2D eigenvalue weighted by atomic mass is 10.1. The van der Waals surface area contributed by atoms with Gasteiger partial charge in [0.05, 0.1) is 12.0 Å². The minimum Gasteiger partial charge on any atom is -0.493 e. The number of ether oxygens (including phenoxy) is 2. The molecule has 29 heavy (non-hydrogen) atoms. The van der Waals surface area contributed by atoms with Gasteiger partial charge in [0.1, 0.15) is 10.9 Å². The Hall–Kier alpha value is -1.73. The second kappa shape index (κ2) is 9.85. The van der Waals surface area contributed by atoms with Crippen molar-refractivity contribution >= 4 is 63.5 Å². The number of amides is 1. The summed E-state index contributed by atoms with van der Waals surface area (Å²) in [7, 11) is 1.56. The number of halogens is 2. The third-order valence-electron chi connectivity index (χ3n) is 4.24.